The fraction of sp³-hybridized carbons (Fsp3) is 0.182. The Balaban J connectivity index is 1.46. The molecule has 7 nitrogen and oxygen atoms in total. The van der Waals surface area contributed by atoms with Gasteiger partial charge in [-0.3, -0.25) is 9.59 Å². The lowest BCUT2D eigenvalue weighted by Gasteiger charge is -2.06. The summed E-state index contributed by atoms with van der Waals surface area (Å²) >= 11 is 2.56. The SMILES string of the molecule is CC(C)c1ccc(-c2csc3nc(SCC(=O)N/N=C/c4ccco4)[nH]c(=O)c23)cc1. The van der Waals surface area contributed by atoms with Crippen molar-refractivity contribution in [3.63, 3.8) is 0 Å². The summed E-state index contributed by atoms with van der Waals surface area (Å²) in [5, 5.41) is 6.73. The van der Waals surface area contributed by atoms with Crippen LogP contribution in [-0.4, -0.2) is 27.8 Å². The highest BCUT2D eigenvalue weighted by Gasteiger charge is 2.14. The zero-order chi connectivity index (χ0) is 21.8. The average molecular weight is 453 g/mol. The van der Waals surface area contributed by atoms with Gasteiger partial charge in [0.15, 0.2) is 5.16 Å². The van der Waals surface area contributed by atoms with Crippen molar-refractivity contribution in [1.82, 2.24) is 15.4 Å². The number of rotatable bonds is 7. The molecule has 9 heteroatoms. The van der Waals surface area contributed by atoms with E-state index >= 15 is 0 Å². The molecule has 2 N–H and O–H groups in total. The van der Waals surface area contributed by atoms with Crippen LogP contribution in [0.4, 0.5) is 0 Å². The lowest BCUT2D eigenvalue weighted by molar-refractivity contribution is -0.118. The number of aromatic nitrogens is 2. The lowest BCUT2D eigenvalue weighted by atomic mass is 9.99. The van der Waals surface area contributed by atoms with Gasteiger partial charge in [0.05, 0.1) is 23.6 Å². The Morgan fingerprint density at radius 2 is 2.13 bits per heavy atom. The fourth-order valence-corrected chi connectivity index (χ4v) is 4.62. The first-order valence-electron chi connectivity index (χ1n) is 9.61. The zero-order valence-corrected chi connectivity index (χ0v) is 18.5. The van der Waals surface area contributed by atoms with Crippen molar-refractivity contribution in [2.24, 2.45) is 5.10 Å². The lowest BCUT2D eigenvalue weighted by Crippen LogP contribution is -2.20. The van der Waals surface area contributed by atoms with Crippen LogP contribution in [0.25, 0.3) is 21.3 Å². The molecule has 0 bridgehead atoms. The Kier molecular flexibility index (Phi) is 6.34. The van der Waals surface area contributed by atoms with Gasteiger partial charge in [0.2, 0.25) is 0 Å². The minimum Gasteiger partial charge on any atom is -0.463 e. The fourth-order valence-electron chi connectivity index (χ4n) is 2.96. The van der Waals surface area contributed by atoms with E-state index in [0.29, 0.717) is 27.1 Å². The Bertz CT molecular complexity index is 1270. The molecule has 3 heterocycles. The summed E-state index contributed by atoms with van der Waals surface area (Å²) < 4.78 is 5.09. The Labute approximate surface area is 186 Å². The first kappa shape index (κ1) is 21.1. The molecular weight excluding hydrogens is 432 g/mol. The van der Waals surface area contributed by atoms with Gasteiger partial charge in [-0.2, -0.15) is 5.10 Å². The second-order valence-electron chi connectivity index (χ2n) is 7.07. The molecule has 0 aliphatic carbocycles. The minimum absolute atomic E-state index is 0.0683. The van der Waals surface area contributed by atoms with Crippen LogP contribution in [0.1, 0.15) is 31.1 Å². The van der Waals surface area contributed by atoms with E-state index in [1.54, 1.807) is 12.1 Å². The average Bonchev–Trinajstić information content (AvgIpc) is 3.42. The molecule has 31 heavy (non-hydrogen) atoms. The number of hydrazone groups is 1. The first-order chi connectivity index (χ1) is 15.0. The molecule has 3 aromatic heterocycles. The van der Waals surface area contributed by atoms with E-state index < -0.39 is 0 Å². The van der Waals surface area contributed by atoms with Gasteiger partial charge in [0, 0.05) is 10.9 Å². The molecule has 4 aromatic rings. The van der Waals surface area contributed by atoms with Gasteiger partial charge >= 0.3 is 0 Å². The summed E-state index contributed by atoms with van der Waals surface area (Å²) in [6, 6.07) is 11.7. The number of thiophene rings is 1. The number of nitrogens with zero attached hydrogens (tertiary/aromatic N) is 2. The summed E-state index contributed by atoms with van der Waals surface area (Å²) in [4.78, 5) is 32.6. The summed E-state index contributed by atoms with van der Waals surface area (Å²) in [6.07, 6.45) is 2.93. The number of amides is 1. The molecular formula is C22H20N4O3S2. The predicted octanol–water partition coefficient (Wildman–Crippen LogP) is 4.61. The number of hydrogen-bond donors (Lipinski definition) is 2. The summed E-state index contributed by atoms with van der Waals surface area (Å²) in [6.45, 7) is 4.29. The highest BCUT2D eigenvalue weighted by atomic mass is 32.2. The van der Waals surface area contributed by atoms with Crippen molar-refractivity contribution < 1.29 is 9.21 Å². The van der Waals surface area contributed by atoms with Gasteiger partial charge in [-0.05, 0) is 29.2 Å². The largest absolute Gasteiger partial charge is 0.463 e. The second-order valence-corrected chi connectivity index (χ2v) is 8.90. The van der Waals surface area contributed by atoms with E-state index in [-0.39, 0.29) is 17.2 Å². The van der Waals surface area contributed by atoms with Crippen LogP contribution in [0, 0.1) is 0 Å². The minimum atomic E-state index is -0.312. The van der Waals surface area contributed by atoms with Gasteiger partial charge in [-0.25, -0.2) is 10.4 Å². The molecule has 1 amide bonds. The molecule has 0 aliphatic rings. The number of hydrogen-bond acceptors (Lipinski definition) is 7. The van der Waals surface area contributed by atoms with E-state index in [4.69, 9.17) is 4.42 Å². The standard InChI is InChI=1S/C22H20N4O3S2/c1-13(2)14-5-7-15(8-6-14)17-11-30-21-19(17)20(28)24-22(25-21)31-12-18(27)26-23-10-16-4-3-9-29-16/h3-11,13H,12H2,1-2H3,(H,26,27)(H,24,25,28)/b23-10+. The highest BCUT2D eigenvalue weighted by Crippen LogP contribution is 2.32. The van der Waals surface area contributed by atoms with Gasteiger partial charge in [0.25, 0.3) is 11.5 Å². The van der Waals surface area contributed by atoms with E-state index in [2.05, 4.69) is 46.5 Å². The zero-order valence-electron chi connectivity index (χ0n) is 16.9. The van der Waals surface area contributed by atoms with Crippen molar-refractivity contribution >= 4 is 45.4 Å². The molecule has 1 aromatic carbocycles. The molecule has 0 aliphatic heterocycles. The van der Waals surface area contributed by atoms with Gasteiger partial charge < -0.3 is 9.40 Å². The smallest absolute Gasteiger partial charge is 0.260 e. The summed E-state index contributed by atoms with van der Waals surface area (Å²) in [5.74, 6) is 0.745. The molecule has 0 atom stereocenters. The Morgan fingerprint density at radius 3 is 2.84 bits per heavy atom. The number of aromatic amines is 1. The van der Waals surface area contributed by atoms with Crippen molar-refractivity contribution in [2.45, 2.75) is 24.9 Å². The molecule has 0 saturated carbocycles. The Morgan fingerprint density at radius 1 is 1.32 bits per heavy atom. The topological polar surface area (TPSA) is 100 Å². The summed E-state index contributed by atoms with van der Waals surface area (Å²) in [5.41, 5.74) is 5.30. The number of thioether (sulfide) groups is 1. The number of carbonyl (C=O) groups excluding carboxylic acids is 1. The van der Waals surface area contributed by atoms with Crippen LogP contribution >= 0.6 is 23.1 Å². The second kappa shape index (κ2) is 9.32. The van der Waals surface area contributed by atoms with Crippen molar-refractivity contribution in [2.75, 3.05) is 5.75 Å². The maximum atomic E-state index is 12.7. The van der Waals surface area contributed by atoms with Crippen LogP contribution < -0.4 is 11.0 Å². The number of nitrogens with one attached hydrogen (secondary N) is 2. The number of H-pyrrole nitrogens is 1. The monoisotopic (exact) mass is 452 g/mol. The van der Waals surface area contributed by atoms with Crippen LogP contribution in [0.3, 0.4) is 0 Å². The first-order valence-corrected chi connectivity index (χ1v) is 11.5. The predicted molar refractivity (Wildman–Crippen MR) is 125 cm³/mol. The molecule has 0 unspecified atom stereocenters. The number of benzene rings is 1. The molecule has 4 rings (SSSR count). The third-order valence-electron chi connectivity index (χ3n) is 4.57. The number of carbonyl (C=O) groups is 1. The Hall–Kier alpha value is -3.17. The van der Waals surface area contributed by atoms with E-state index in [0.717, 1.165) is 22.9 Å². The van der Waals surface area contributed by atoms with Crippen LogP contribution in [-0.2, 0) is 4.79 Å². The van der Waals surface area contributed by atoms with E-state index in [9.17, 15) is 9.59 Å². The van der Waals surface area contributed by atoms with E-state index in [1.807, 2.05) is 17.5 Å². The molecule has 0 fully saturated rings. The third kappa shape index (κ3) is 4.95. The van der Waals surface area contributed by atoms with Crippen molar-refractivity contribution in [3.8, 4) is 11.1 Å². The van der Waals surface area contributed by atoms with Crippen LogP contribution in [0.2, 0.25) is 0 Å². The maximum absolute atomic E-state index is 12.7. The molecule has 0 radical (unpaired) electrons. The van der Waals surface area contributed by atoms with Crippen molar-refractivity contribution in [3.05, 3.63) is 69.7 Å². The van der Waals surface area contributed by atoms with Crippen molar-refractivity contribution in [1.29, 1.82) is 0 Å². The quantitative estimate of drug-likeness (QED) is 0.185. The number of fused-ring (bicyclic) bond motifs is 1. The van der Waals surface area contributed by atoms with Gasteiger partial charge in [-0.1, -0.05) is 49.9 Å². The van der Waals surface area contributed by atoms with E-state index in [1.165, 1.54) is 29.4 Å². The molecule has 0 spiro atoms. The van der Waals surface area contributed by atoms with Gasteiger partial charge in [-0.15, -0.1) is 11.3 Å². The van der Waals surface area contributed by atoms with Crippen LogP contribution in [0.15, 0.2) is 67.5 Å². The molecule has 0 saturated heterocycles. The summed E-state index contributed by atoms with van der Waals surface area (Å²) in [7, 11) is 0. The van der Waals surface area contributed by atoms with Crippen LogP contribution in [0.5, 0.6) is 0 Å². The maximum Gasteiger partial charge on any atom is 0.260 e. The molecule has 158 valence electrons. The third-order valence-corrected chi connectivity index (χ3v) is 6.32. The normalized spacial score (nSPS) is 11.6. The number of furan rings is 1. The highest BCUT2D eigenvalue weighted by molar-refractivity contribution is 7.99. The van der Waals surface area contributed by atoms with Gasteiger partial charge in [0.1, 0.15) is 10.6 Å².